The van der Waals surface area contributed by atoms with Crippen molar-refractivity contribution in [3.63, 3.8) is 0 Å². The number of hydrogen-bond acceptors (Lipinski definition) is 11. The van der Waals surface area contributed by atoms with Gasteiger partial charge in [0.05, 0.1) is 92.5 Å². The van der Waals surface area contributed by atoms with Crippen molar-refractivity contribution >= 4 is 12.2 Å². The van der Waals surface area contributed by atoms with Crippen LogP contribution in [0, 0.1) is 0 Å². The van der Waals surface area contributed by atoms with E-state index in [1.807, 2.05) is 45.0 Å². The molecule has 0 saturated heterocycles. The zero-order valence-corrected chi connectivity index (χ0v) is 30.2. The summed E-state index contributed by atoms with van der Waals surface area (Å²) in [4.78, 5) is 25.6. The highest BCUT2D eigenvalue weighted by Gasteiger charge is 2.29. The van der Waals surface area contributed by atoms with E-state index in [0.717, 1.165) is 0 Å². The molecular weight excluding hydrogens is 648 g/mol. The number of nitrogens with one attached hydrogen (secondary N) is 1. The average molecular weight is 705 g/mol. The fraction of sp³-hybridized carbons (Fsp3) is 0.622. The van der Waals surface area contributed by atoms with E-state index in [0.29, 0.717) is 112 Å². The molecule has 0 bridgehead atoms. The van der Waals surface area contributed by atoms with Gasteiger partial charge in [0, 0.05) is 26.1 Å². The number of amides is 2. The summed E-state index contributed by atoms with van der Waals surface area (Å²) in [5.74, 6) is 0.0367. The van der Waals surface area contributed by atoms with E-state index >= 15 is 0 Å². The Morgan fingerprint density at radius 2 is 1.02 bits per heavy atom. The Kier molecular flexibility index (Phi) is 19.7. The van der Waals surface area contributed by atoms with Crippen LogP contribution >= 0.6 is 0 Å². The van der Waals surface area contributed by atoms with Gasteiger partial charge < -0.3 is 52.8 Å². The Bertz CT molecular complexity index is 1190. The van der Waals surface area contributed by atoms with E-state index in [-0.39, 0.29) is 12.0 Å². The maximum absolute atomic E-state index is 12.6. The summed E-state index contributed by atoms with van der Waals surface area (Å²) >= 11 is 0. The van der Waals surface area contributed by atoms with Gasteiger partial charge in [-0.15, -0.1) is 0 Å². The topological polar surface area (TPSA) is 132 Å². The third-order valence-electron chi connectivity index (χ3n) is 7.37. The van der Waals surface area contributed by atoms with Crippen LogP contribution in [0.3, 0.4) is 0 Å². The predicted octanol–water partition coefficient (Wildman–Crippen LogP) is 4.51. The fourth-order valence-electron chi connectivity index (χ4n) is 4.96. The molecule has 2 aromatic rings. The van der Waals surface area contributed by atoms with Crippen molar-refractivity contribution in [2.75, 3.05) is 119 Å². The molecule has 3 rings (SSSR count). The fourth-order valence-corrected chi connectivity index (χ4v) is 4.96. The lowest BCUT2D eigenvalue weighted by molar-refractivity contribution is -0.0208. The summed E-state index contributed by atoms with van der Waals surface area (Å²) < 4.78 is 49.3. The highest BCUT2D eigenvalue weighted by molar-refractivity contribution is 5.79. The molecule has 280 valence electrons. The summed E-state index contributed by atoms with van der Waals surface area (Å²) in [6.45, 7) is 12.8. The van der Waals surface area contributed by atoms with Crippen molar-refractivity contribution in [2.45, 2.75) is 32.3 Å². The van der Waals surface area contributed by atoms with Gasteiger partial charge in [-0.2, -0.15) is 0 Å². The van der Waals surface area contributed by atoms with E-state index in [4.69, 9.17) is 42.6 Å². The number of alkyl carbamates (subject to hydrolysis) is 1. The van der Waals surface area contributed by atoms with Crippen molar-refractivity contribution in [1.82, 2.24) is 10.2 Å². The molecule has 1 N–H and O–H groups in total. The minimum atomic E-state index is -0.516. The number of fused-ring (bicyclic) bond motifs is 3. The molecule has 0 aromatic heterocycles. The number of benzene rings is 2. The molecule has 0 fully saturated rings. The molecule has 1 aliphatic carbocycles. The second-order valence-corrected chi connectivity index (χ2v) is 12.4. The molecule has 0 spiro atoms. The number of hydrogen-bond donors (Lipinski definition) is 1. The molecule has 0 heterocycles. The first kappa shape index (κ1) is 41.1. The lowest BCUT2D eigenvalue weighted by Crippen LogP contribution is -2.34. The van der Waals surface area contributed by atoms with Crippen LogP contribution in [-0.4, -0.2) is 142 Å². The van der Waals surface area contributed by atoms with Gasteiger partial charge in [0.1, 0.15) is 12.2 Å². The van der Waals surface area contributed by atoms with E-state index in [1.54, 1.807) is 7.05 Å². The molecule has 50 heavy (non-hydrogen) atoms. The minimum absolute atomic E-state index is 0.0367. The molecular formula is C37H56N2O11. The Labute approximate surface area is 296 Å². The summed E-state index contributed by atoms with van der Waals surface area (Å²) in [5, 5.41) is 2.63. The molecule has 13 nitrogen and oxygen atoms in total. The Hall–Kier alpha value is -3.30. The highest BCUT2D eigenvalue weighted by Crippen LogP contribution is 2.44. The average Bonchev–Trinajstić information content (AvgIpc) is 3.41. The SMILES string of the molecule is CN(CCOCCOCCOCCOCCOCCOCCOCCNC(=O)OC(C)(C)C)C(=O)OCC1c2ccccc2-c2ccccc21. The van der Waals surface area contributed by atoms with Gasteiger partial charge in [0.15, 0.2) is 0 Å². The summed E-state index contributed by atoms with van der Waals surface area (Å²) in [5.41, 5.74) is 4.27. The summed E-state index contributed by atoms with van der Waals surface area (Å²) in [7, 11) is 1.71. The molecule has 0 unspecified atom stereocenters. The maximum Gasteiger partial charge on any atom is 0.409 e. The van der Waals surface area contributed by atoms with Gasteiger partial charge in [-0.25, -0.2) is 9.59 Å². The number of likely N-dealkylation sites (N-methyl/N-ethyl adjacent to an activating group) is 1. The van der Waals surface area contributed by atoms with Gasteiger partial charge in [-0.3, -0.25) is 0 Å². The van der Waals surface area contributed by atoms with Crippen molar-refractivity contribution < 1.29 is 52.2 Å². The van der Waals surface area contributed by atoms with Crippen LogP contribution in [0.4, 0.5) is 9.59 Å². The van der Waals surface area contributed by atoms with Gasteiger partial charge in [0.25, 0.3) is 0 Å². The standard InChI is InChI=1S/C37H56N2O11/c1-37(2,3)50-35(40)38-13-15-42-17-19-44-21-23-46-25-27-48-28-26-47-24-22-45-20-18-43-16-14-39(4)36(41)49-29-34-32-11-7-5-9-30(32)31-10-6-8-12-33(31)34/h5-12,34H,13-29H2,1-4H3,(H,38,40). The van der Waals surface area contributed by atoms with E-state index < -0.39 is 11.7 Å². The van der Waals surface area contributed by atoms with Crippen molar-refractivity contribution in [1.29, 1.82) is 0 Å². The number of carbonyl (C=O) groups excluding carboxylic acids is 2. The second-order valence-electron chi connectivity index (χ2n) is 12.4. The van der Waals surface area contributed by atoms with Crippen LogP contribution in [0.5, 0.6) is 0 Å². The summed E-state index contributed by atoms with van der Waals surface area (Å²) in [6.07, 6.45) is -0.823. The smallest absolute Gasteiger partial charge is 0.409 e. The third-order valence-corrected chi connectivity index (χ3v) is 7.37. The van der Waals surface area contributed by atoms with Crippen molar-refractivity contribution in [3.8, 4) is 11.1 Å². The Morgan fingerprint density at radius 3 is 1.46 bits per heavy atom. The van der Waals surface area contributed by atoms with Crippen molar-refractivity contribution in [3.05, 3.63) is 59.7 Å². The van der Waals surface area contributed by atoms with Crippen molar-refractivity contribution in [2.24, 2.45) is 0 Å². The molecule has 2 amide bonds. The van der Waals surface area contributed by atoms with Gasteiger partial charge in [-0.05, 0) is 43.0 Å². The zero-order valence-electron chi connectivity index (χ0n) is 30.2. The number of carbonyl (C=O) groups is 2. The molecule has 2 aromatic carbocycles. The third kappa shape index (κ3) is 16.6. The first-order valence-electron chi connectivity index (χ1n) is 17.3. The van der Waals surface area contributed by atoms with E-state index in [9.17, 15) is 9.59 Å². The zero-order chi connectivity index (χ0) is 35.9. The van der Waals surface area contributed by atoms with E-state index in [1.165, 1.54) is 27.2 Å². The number of ether oxygens (including phenoxy) is 9. The predicted molar refractivity (Wildman–Crippen MR) is 188 cm³/mol. The first-order chi connectivity index (χ1) is 24.3. The largest absolute Gasteiger partial charge is 0.448 e. The minimum Gasteiger partial charge on any atom is -0.448 e. The molecule has 13 heteroatoms. The van der Waals surface area contributed by atoms with Crippen LogP contribution in [0.1, 0.15) is 37.8 Å². The molecule has 1 aliphatic rings. The molecule has 0 saturated carbocycles. The maximum atomic E-state index is 12.6. The van der Waals surface area contributed by atoms with Crippen LogP contribution in [0.15, 0.2) is 48.5 Å². The lowest BCUT2D eigenvalue weighted by atomic mass is 9.98. The Morgan fingerprint density at radius 1 is 0.620 bits per heavy atom. The normalized spacial score (nSPS) is 12.4. The first-order valence-corrected chi connectivity index (χ1v) is 17.3. The number of rotatable bonds is 26. The lowest BCUT2D eigenvalue weighted by Gasteiger charge is -2.19. The van der Waals surface area contributed by atoms with Gasteiger partial charge in [-0.1, -0.05) is 48.5 Å². The molecule has 0 atom stereocenters. The van der Waals surface area contributed by atoms with Gasteiger partial charge >= 0.3 is 12.2 Å². The molecule has 0 radical (unpaired) electrons. The highest BCUT2D eigenvalue weighted by atomic mass is 16.6. The quantitative estimate of drug-likeness (QED) is 0.139. The van der Waals surface area contributed by atoms with Crippen LogP contribution < -0.4 is 5.32 Å². The van der Waals surface area contributed by atoms with Crippen LogP contribution in [0.25, 0.3) is 11.1 Å². The Balaban J connectivity index is 1.02. The van der Waals surface area contributed by atoms with Crippen LogP contribution in [-0.2, 0) is 42.6 Å². The van der Waals surface area contributed by atoms with Gasteiger partial charge in [0.2, 0.25) is 0 Å². The second kappa shape index (κ2) is 24.0. The van der Waals surface area contributed by atoms with Crippen LogP contribution in [0.2, 0.25) is 0 Å². The summed E-state index contributed by atoms with van der Waals surface area (Å²) in [6, 6.07) is 16.6. The van der Waals surface area contributed by atoms with E-state index in [2.05, 4.69) is 29.6 Å². The monoisotopic (exact) mass is 704 g/mol. The number of nitrogens with zero attached hydrogens (tertiary/aromatic N) is 1. The molecule has 0 aliphatic heterocycles.